The molecule has 2 aromatic carbocycles. The van der Waals surface area contributed by atoms with Crippen molar-refractivity contribution in [2.45, 2.75) is 6.54 Å². The summed E-state index contributed by atoms with van der Waals surface area (Å²) in [6.07, 6.45) is 1.90. The third-order valence-corrected chi connectivity index (χ3v) is 5.42. The summed E-state index contributed by atoms with van der Waals surface area (Å²) in [4.78, 5) is 5.59. The van der Waals surface area contributed by atoms with Gasteiger partial charge in [0.1, 0.15) is 10.0 Å². The first-order chi connectivity index (χ1) is 11.9. The Morgan fingerprint density at radius 1 is 0.792 bits per heavy atom. The molecule has 0 fully saturated rings. The molecule has 0 atom stereocenters. The number of hydrogen-bond acceptors (Lipinski definition) is 6. The predicted molar refractivity (Wildman–Crippen MR) is 100 cm³/mol. The predicted octanol–water partition coefficient (Wildman–Crippen LogP) is 4.94. The van der Waals surface area contributed by atoms with Gasteiger partial charge in [0.2, 0.25) is 0 Å². The van der Waals surface area contributed by atoms with Crippen LogP contribution >= 0.6 is 22.7 Å². The number of thiazole rings is 1. The van der Waals surface area contributed by atoms with E-state index in [1.165, 1.54) is 5.56 Å². The second-order valence-corrected chi connectivity index (χ2v) is 7.21. The maximum absolute atomic E-state index is 4.44. The minimum Gasteiger partial charge on any atom is -0.355 e. The van der Waals surface area contributed by atoms with E-state index in [2.05, 4.69) is 32.6 Å². The SMILES string of the molecule is c1ccc(-c2cnc(NCc3nnc(-c4ccccc4)s3)s2)cc1. The molecule has 0 saturated carbocycles. The highest BCUT2D eigenvalue weighted by Gasteiger charge is 2.08. The molecule has 0 unspecified atom stereocenters. The van der Waals surface area contributed by atoms with Gasteiger partial charge < -0.3 is 5.32 Å². The fraction of sp³-hybridized carbons (Fsp3) is 0.0556. The molecular formula is C18H14N4S2. The van der Waals surface area contributed by atoms with Crippen LogP contribution in [0.1, 0.15) is 5.01 Å². The number of rotatable bonds is 5. The average molecular weight is 350 g/mol. The van der Waals surface area contributed by atoms with Crippen LogP contribution < -0.4 is 5.32 Å². The Hall–Kier alpha value is -2.57. The molecule has 0 saturated heterocycles. The second kappa shape index (κ2) is 6.90. The Balaban J connectivity index is 1.43. The molecule has 4 aromatic rings. The van der Waals surface area contributed by atoms with Crippen LogP contribution in [0.3, 0.4) is 0 Å². The standard InChI is InChI=1S/C18H14N4S2/c1-3-7-13(8-4-1)15-11-19-18(23-15)20-12-16-21-22-17(24-16)14-9-5-2-6-10-14/h1-11H,12H2,(H,19,20). The third kappa shape index (κ3) is 3.34. The van der Waals surface area contributed by atoms with Crippen LogP contribution in [-0.4, -0.2) is 15.2 Å². The molecule has 0 aliphatic rings. The van der Waals surface area contributed by atoms with Gasteiger partial charge in [-0.3, -0.25) is 0 Å². The normalized spacial score (nSPS) is 10.7. The lowest BCUT2D eigenvalue weighted by Gasteiger charge is -1.97. The molecule has 2 heterocycles. The lowest BCUT2D eigenvalue weighted by Crippen LogP contribution is -1.97. The Morgan fingerprint density at radius 2 is 1.50 bits per heavy atom. The van der Waals surface area contributed by atoms with Crippen molar-refractivity contribution in [3.63, 3.8) is 0 Å². The van der Waals surface area contributed by atoms with Crippen molar-refractivity contribution in [1.29, 1.82) is 0 Å². The number of nitrogens with zero attached hydrogens (tertiary/aromatic N) is 3. The summed E-state index contributed by atoms with van der Waals surface area (Å²) in [7, 11) is 0. The van der Waals surface area contributed by atoms with Crippen molar-refractivity contribution in [3.8, 4) is 21.0 Å². The zero-order chi connectivity index (χ0) is 16.2. The van der Waals surface area contributed by atoms with E-state index in [-0.39, 0.29) is 0 Å². The lowest BCUT2D eigenvalue weighted by molar-refractivity contribution is 0.990. The van der Waals surface area contributed by atoms with E-state index in [0.717, 1.165) is 25.6 Å². The number of anilines is 1. The Bertz CT molecular complexity index is 839. The van der Waals surface area contributed by atoms with Crippen LogP contribution in [0.2, 0.25) is 0 Å². The molecule has 0 spiro atoms. The van der Waals surface area contributed by atoms with Crippen molar-refractivity contribution in [2.24, 2.45) is 0 Å². The maximum Gasteiger partial charge on any atom is 0.183 e. The van der Waals surface area contributed by atoms with Crippen molar-refractivity contribution >= 4 is 27.8 Å². The number of aromatic nitrogens is 3. The summed E-state index contributed by atoms with van der Waals surface area (Å²) >= 11 is 3.24. The van der Waals surface area contributed by atoms with Gasteiger partial charge >= 0.3 is 0 Å². The summed E-state index contributed by atoms with van der Waals surface area (Å²) in [5.74, 6) is 0. The number of nitrogens with one attached hydrogen (secondary N) is 1. The van der Waals surface area contributed by atoms with Crippen LogP contribution in [0, 0.1) is 0 Å². The first-order valence-electron chi connectivity index (χ1n) is 7.51. The fourth-order valence-electron chi connectivity index (χ4n) is 2.27. The monoisotopic (exact) mass is 350 g/mol. The van der Waals surface area contributed by atoms with Gasteiger partial charge in [-0.1, -0.05) is 83.3 Å². The molecule has 2 aromatic heterocycles. The van der Waals surface area contributed by atoms with Crippen LogP contribution in [-0.2, 0) is 6.54 Å². The van der Waals surface area contributed by atoms with E-state index >= 15 is 0 Å². The highest BCUT2D eigenvalue weighted by atomic mass is 32.1. The Labute approximate surface area is 147 Å². The highest BCUT2D eigenvalue weighted by molar-refractivity contribution is 7.19. The minimum absolute atomic E-state index is 0.631. The molecule has 0 aliphatic carbocycles. The lowest BCUT2D eigenvalue weighted by atomic mass is 10.2. The van der Waals surface area contributed by atoms with Crippen molar-refractivity contribution in [1.82, 2.24) is 15.2 Å². The molecule has 1 N–H and O–H groups in total. The van der Waals surface area contributed by atoms with Crippen molar-refractivity contribution in [3.05, 3.63) is 71.9 Å². The molecule has 24 heavy (non-hydrogen) atoms. The van der Waals surface area contributed by atoms with Gasteiger partial charge in [-0.25, -0.2) is 4.98 Å². The van der Waals surface area contributed by atoms with E-state index in [0.29, 0.717) is 6.54 Å². The fourth-order valence-corrected chi connectivity index (χ4v) is 3.87. The smallest absolute Gasteiger partial charge is 0.183 e. The van der Waals surface area contributed by atoms with Gasteiger partial charge in [-0.2, -0.15) is 0 Å². The van der Waals surface area contributed by atoms with Gasteiger partial charge in [0, 0.05) is 11.8 Å². The molecule has 0 bridgehead atoms. The topological polar surface area (TPSA) is 50.7 Å². The van der Waals surface area contributed by atoms with Crippen LogP contribution in [0.25, 0.3) is 21.0 Å². The zero-order valence-electron chi connectivity index (χ0n) is 12.7. The minimum atomic E-state index is 0.631. The maximum atomic E-state index is 4.44. The second-order valence-electron chi connectivity index (χ2n) is 5.12. The van der Waals surface area contributed by atoms with Crippen molar-refractivity contribution in [2.75, 3.05) is 5.32 Å². The Morgan fingerprint density at radius 3 is 2.25 bits per heavy atom. The quantitative estimate of drug-likeness (QED) is 0.554. The van der Waals surface area contributed by atoms with Crippen molar-refractivity contribution < 1.29 is 0 Å². The van der Waals surface area contributed by atoms with Gasteiger partial charge in [0.05, 0.1) is 11.4 Å². The molecule has 4 nitrogen and oxygen atoms in total. The summed E-state index contributed by atoms with van der Waals surface area (Å²) in [6, 6.07) is 20.4. The molecule has 4 rings (SSSR count). The molecule has 0 amide bonds. The number of benzene rings is 2. The van der Waals surface area contributed by atoms with E-state index in [1.807, 2.05) is 54.7 Å². The van der Waals surface area contributed by atoms with E-state index < -0.39 is 0 Å². The summed E-state index contributed by atoms with van der Waals surface area (Å²) in [5, 5.41) is 14.6. The zero-order valence-corrected chi connectivity index (χ0v) is 14.3. The third-order valence-electron chi connectivity index (χ3n) is 3.44. The summed E-state index contributed by atoms with van der Waals surface area (Å²) < 4.78 is 0. The first-order valence-corrected chi connectivity index (χ1v) is 9.15. The van der Waals surface area contributed by atoms with Gasteiger partial charge in [0.25, 0.3) is 0 Å². The molecular weight excluding hydrogens is 336 g/mol. The Kier molecular flexibility index (Phi) is 4.31. The van der Waals surface area contributed by atoms with Crippen LogP contribution in [0.5, 0.6) is 0 Å². The first kappa shape index (κ1) is 15.0. The van der Waals surface area contributed by atoms with Gasteiger partial charge in [-0.15, -0.1) is 10.2 Å². The van der Waals surface area contributed by atoms with Gasteiger partial charge in [0.15, 0.2) is 5.13 Å². The van der Waals surface area contributed by atoms with E-state index in [4.69, 9.17) is 0 Å². The summed E-state index contributed by atoms with van der Waals surface area (Å²) in [5.41, 5.74) is 2.28. The van der Waals surface area contributed by atoms with E-state index in [9.17, 15) is 0 Å². The highest BCUT2D eigenvalue weighted by Crippen LogP contribution is 2.29. The molecule has 0 radical (unpaired) electrons. The van der Waals surface area contributed by atoms with Gasteiger partial charge in [-0.05, 0) is 5.56 Å². The molecule has 118 valence electrons. The van der Waals surface area contributed by atoms with E-state index in [1.54, 1.807) is 22.7 Å². The average Bonchev–Trinajstić information content (AvgIpc) is 3.31. The molecule has 6 heteroatoms. The summed E-state index contributed by atoms with van der Waals surface area (Å²) in [6.45, 7) is 0.631. The van der Waals surface area contributed by atoms with Crippen LogP contribution in [0.4, 0.5) is 5.13 Å². The largest absolute Gasteiger partial charge is 0.355 e. The number of hydrogen-bond donors (Lipinski definition) is 1. The molecule has 0 aliphatic heterocycles. The van der Waals surface area contributed by atoms with Crippen LogP contribution in [0.15, 0.2) is 66.9 Å².